The van der Waals surface area contributed by atoms with Gasteiger partial charge in [0, 0.05) is 30.8 Å². The van der Waals surface area contributed by atoms with Crippen molar-refractivity contribution in [2.75, 3.05) is 38.2 Å². The highest BCUT2D eigenvalue weighted by Crippen LogP contribution is 2.36. The van der Waals surface area contributed by atoms with Gasteiger partial charge in [0.2, 0.25) is 5.91 Å². The molecule has 2 aliphatic heterocycles. The molecule has 10 nitrogen and oxygen atoms in total. The Bertz CT molecular complexity index is 1180. The van der Waals surface area contributed by atoms with Crippen molar-refractivity contribution in [3.05, 3.63) is 53.6 Å². The zero-order valence-corrected chi connectivity index (χ0v) is 20.6. The molecule has 2 heterocycles. The smallest absolute Gasteiger partial charge is 0.325 e. The number of nitrogens with zero attached hydrogens (tertiary/aromatic N) is 2. The van der Waals surface area contributed by atoms with Gasteiger partial charge in [-0.15, -0.1) is 0 Å². The molecular weight excluding hydrogens is 464 g/mol. The monoisotopic (exact) mass is 494 g/mol. The third-order valence-corrected chi connectivity index (χ3v) is 6.37. The molecular formula is C26H30N4O6. The SMILES string of the molecule is CCN(CC)C(=O)c1ccc(NC(=O)CN2C(=O)N[C@@](C)(c3ccc4c(c3)OCCCO4)C2=O)cc1. The van der Waals surface area contributed by atoms with E-state index in [-0.39, 0.29) is 5.91 Å². The first-order valence-electron chi connectivity index (χ1n) is 12.0. The third kappa shape index (κ3) is 4.84. The number of urea groups is 1. The first-order chi connectivity index (χ1) is 17.3. The summed E-state index contributed by atoms with van der Waals surface area (Å²) in [6.45, 7) is 7.19. The summed E-state index contributed by atoms with van der Waals surface area (Å²) in [6.07, 6.45) is 0.745. The van der Waals surface area contributed by atoms with Gasteiger partial charge in [-0.05, 0) is 62.7 Å². The quantitative estimate of drug-likeness (QED) is 0.572. The van der Waals surface area contributed by atoms with Crippen LogP contribution in [-0.2, 0) is 15.1 Å². The van der Waals surface area contributed by atoms with Crippen molar-refractivity contribution >= 4 is 29.4 Å². The van der Waals surface area contributed by atoms with E-state index < -0.39 is 29.9 Å². The van der Waals surface area contributed by atoms with Crippen molar-refractivity contribution in [1.82, 2.24) is 15.1 Å². The first kappa shape index (κ1) is 25.0. The Morgan fingerprint density at radius 2 is 1.69 bits per heavy atom. The first-order valence-corrected chi connectivity index (χ1v) is 12.0. The molecule has 0 unspecified atom stereocenters. The Labute approximate surface area is 209 Å². The van der Waals surface area contributed by atoms with Crippen LogP contribution in [0.1, 0.15) is 43.1 Å². The molecule has 0 spiro atoms. The van der Waals surface area contributed by atoms with Gasteiger partial charge in [0.05, 0.1) is 13.2 Å². The molecule has 2 N–H and O–H groups in total. The lowest BCUT2D eigenvalue weighted by Gasteiger charge is -2.23. The van der Waals surface area contributed by atoms with Gasteiger partial charge in [0.25, 0.3) is 11.8 Å². The van der Waals surface area contributed by atoms with E-state index in [9.17, 15) is 19.2 Å². The summed E-state index contributed by atoms with van der Waals surface area (Å²) < 4.78 is 11.4. The van der Waals surface area contributed by atoms with Gasteiger partial charge < -0.3 is 25.0 Å². The summed E-state index contributed by atoms with van der Waals surface area (Å²) in [5.41, 5.74) is 0.140. The Morgan fingerprint density at radius 1 is 1.03 bits per heavy atom. The number of anilines is 1. The standard InChI is InChI=1S/C26H30N4O6/c1-4-29(5-2)23(32)17-7-10-19(11-8-17)27-22(31)16-30-24(33)26(3,28-25(30)34)18-9-12-20-21(15-18)36-14-6-13-35-20/h7-12,15H,4-6,13-14,16H2,1-3H3,(H,27,31)(H,28,34)/t26-/m0/s1. The molecule has 0 aliphatic carbocycles. The van der Waals surface area contributed by atoms with Crippen LogP contribution < -0.4 is 20.1 Å². The summed E-state index contributed by atoms with van der Waals surface area (Å²) in [5.74, 6) is -0.0853. The van der Waals surface area contributed by atoms with Crippen molar-refractivity contribution in [2.45, 2.75) is 32.7 Å². The predicted molar refractivity (Wildman–Crippen MR) is 132 cm³/mol. The fourth-order valence-electron chi connectivity index (χ4n) is 4.24. The summed E-state index contributed by atoms with van der Waals surface area (Å²) in [7, 11) is 0. The van der Waals surface area contributed by atoms with Gasteiger partial charge in [-0.2, -0.15) is 0 Å². The maximum Gasteiger partial charge on any atom is 0.325 e. The molecule has 0 saturated carbocycles. The number of hydrogen-bond donors (Lipinski definition) is 2. The molecule has 0 bridgehead atoms. The van der Waals surface area contributed by atoms with Gasteiger partial charge in [-0.25, -0.2) is 4.79 Å². The van der Waals surface area contributed by atoms with E-state index in [4.69, 9.17) is 9.47 Å². The fraction of sp³-hybridized carbons (Fsp3) is 0.385. The van der Waals surface area contributed by atoms with Gasteiger partial charge in [-0.3, -0.25) is 19.3 Å². The number of imide groups is 1. The van der Waals surface area contributed by atoms with E-state index in [0.717, 1.165) is 11.3 Å². The molecule has 1 fully saturated rings. The minimum Gasteiger partial charge on any atom is -0.490 e. The lowest BCUT2D eigenvalue weighted by Crippen LogP contribution is -2.42. The zero-order valence-electron chi connectivity index (χ0n) is 20.6. The van der Waals surface area contributed by atoms with Crippen molar-refractivity contribution < 1.29 is 28.7 Å². The summed E-state index contributed by atoms with van der Waals surface area (Å²) in [5, 5.41) is 5.37. The number of ether oxygens (including phenoxy) is 2. The van der Waals surface area contributed by atoms with Gasteiger partial charge in [-0.1, -0.05) is 6.07 Å². The van der Waals surface area contributed by atoms with Crippen LogP contribution in [0.5, 0.6) is 11.5 Å². The number of carbonyl (C=O) groups excluding carboxylic acids is 4. The number of carbonyl (C=O) groups is 4. The zero-order chi connectivity index (χ0) is 25.9. The highest BCUT2D eigenvalue weighted by atomic mass is 16.5. The molecule has 2 aromatic carbocycles. The Morgan fingerprint density at radius 3 is 2.36 bits per heavy atom. The van der Waals surface area contributed by atoms with E-state index in [1.54, 1.807) is 54.3 Å². The van der Waals surface area contributed by atoms with Crippen LogP contribution in [0.4, 0.5) is 10.5 Å². The van der Waals surface area contributed by atoms with Gasteiger partial charge in [0.15, 0.2) is 11.5 Å². The molecule has 1 saturated heterocycles. The fourth-order valence-corrected chi connectivity index (χ4v) is 4.24. The van der Waals surface area contributed by atoms with Gasteiger partial charge >= 0.3 is 6.03 Å². The molecule has 10 heteroatoms. The maximum atomic E-state index is 13.3. The summed E-state index contributed by atoms with van der Waals surface area (Å²) in [4.78, 5) is 53.6. The van der Waals surface area contributed by atoms with Crippen LogP contribution in [0.15, 0.2) is 42.5 Å². The molecule has 5 amide bonds. The Hall–Kier alpha value is -4.08. The van der Waals surface area contributed by atoms with E-state index in [0.29, 0.717) is 54.6 Å². The number of fused-ring (bicyclic) bond motifs is 1. The largest absolute Gasteiger partial charge is 0.490 e. The molecule has 0 radical (unpaired) electrons. The molecule has 190 valence electrons. The average molecular weight is 495 g/mol. The maximum absolute atomic E-state index is 13.3. The second-order valence-corrected chi connectivity index (χ2v) is 8.76. The second kappa shape index (κ2) is 10.3. The summed E-state index contributed by atoms with van der Waals surface area (Å²) in [6, 6.07) is 10.9. The van der Waals surface area contributed by atoms with Crippen molar-refractivity contribution in [3.8, 4) is 11.5 Å². The lowest BCUT2D eigenvalue weighted by atomic mass is 9.91. The van der Waals surface area contributed by atoms with E-state index in [1.807, 2.05) is 13.8 Å². The van der Waals surface area contributed by atoms with Crippen LogP contribution in [0.25, 0.3) is 0 Å². The Balaban J connectivity index is 1.43. The van der Waals surface area contributed by atoms with E-state index in [2.05, 4.69) is 10.6 Å². The highest BCUT2D eigenvalue weighted by Gasteiger charge is 2.49. The average Bonchev–Trinajstić information content (AvgIpc) is 3.03. The van der Waals surface area contributed by atoms with Crippen LogP contribution in [0.2, 0.25) is 0 Å². The molecule has 4 rings (SSSR count). The van der Waals surface area contributed by atoms with Gasteiger partial charge in [0.1, 0.15) is 12.1 Å². The normalized spacial score (nSPS) is 18.9. The third-order valence-electron chi connectivity index (χ3n) is 6.37. The molecule has 1 atom stereocenters. The van der Waals surface area contributed by atoms with E-state index in [1.165, 1.54) is 0 Å². The number of amides is 5. The predicted octanol–water partition coefficient (Wildman–Crippen LogP) is 2.74. The second-order valence-electron chi connectivity index (χ2n) is 8.76. The van der Waals surface area contributed by atoms with Crippen molar-refractivity contribution in [2.24, 2.45) is 0 Å². The highest BCUT2D eigenvalue weighted by molar-refractivity contribution is 6.10. The number of benzene rings is 2. The number of nitrogens with one attached hydrogen (secondary N) is 2. The van der Waals surface area contributed by atoms with Crippen molar-refractivity contribution in [3.63, 3.8) is 0 Å². The molecule has 2 aliphatic rings. The summed E-state index contributed by atoms with van der Waals surface area (Å²) >= 11 is 0. The van der Waals surface area contributed by atoms with Crippen LogP contribution >= 0.6 is 0 Å². The van der Waals surface area contributed by atoms with Crippen LogP contribution in [0.3, 0.4) is 0 Å². The van der Waals surface area contributed by atoms with Crippen LogP contribution in [-0.4, -0.2) is 66.4 Å². The Kier molecular flexibility index (Phi) is 7.14. The minimum atomic E-state index is -1.35. The van der Waals surface area contributed by atoms with Crippen LogP contribution in [0, 0.1) is 0 Å². The molecule has 2 aromatic rings. The number of hydrogen-bond acceptors (Lipinski definition) is 6. The molecule has 0 aromatic heterocycles. The number of rotatable bonds is 7. The topological polar surface area (TPSA) is 117 Å². The van der Waals surface area contributed by atoms with E-state index >= 15 is 0 Å². The minimum absolute atomic E-state index is 0.0914. The lowest BCUT2D eigenvalue weighted by molar-refractivity contribution is -0.133. The molecule has 36 heavy (non-hydrogen) atoms. The van der Waals surface area contributed by atoms with Crippen molar-refractivity contribution in [1.29, 1.82) is 0 Å².